The molecule has 1 N–H and O–H groups in total. The molecular weight excluding hydrogens is 252 g/mol. The summed E-state index contributed by atoms with van der Waals surface area (Å²) in [6.07, 6.45) is 2.11. The standard InChI is InChI=1S/C11H16N4O2S/c1-8-13-9(15-17-8)6-12-10-14-11(7-18-10)2-4-16-5-3-11/h2-7H2,1H3,(H,12,14). The maximum atomic E-state index is 5.40. The molecule has 2 fully saturated rings. The van der Waals surface area contributed by atoms with Gasteiger partial charge in [0.15, 0.2) is 11.0 Å². The van der Waals surface area contributed by atoms with Crippen LogP contribution in [0.2, 0.25) is 0 Å². The fourth-order valence-corrected chi connectivity index (χ4v) is 3.39. The molecule has 1 aromatic rings. The Hall–Kier alpha value is -1.08. The van der Waals surface area contributed by atoms with Gasteiger partial charge in [-0.2, -0.15) is 4.98 Å². The van der Waals surface area contributed by atoms with E-state index in [2.05, 4.69) is 20.4 Å². The third-order valence-electron chi connectivity index (χ3n) is 3.24. The highest BCUT2D eigenvalue weighted by Crippen LogP contribution is 2.31. The maximum absolute atomic E-state index is 5.40. The van der Waals surface area contributed by atoms with Crippen molar-refractivity contribution < 1.29 is 9.26 Å². The molecule has 2 saturated heterocycles. The van der Waals surface area contributed by atoms with Crippen LogP contribution in [0.1, 0.15) is 24.6 Å². The summed E-state index contributed by atoms with van der Waals surface area (Å²) in [4.78, 5) is 8.63. The number of ether oxygens (including phenoxy) is 1. The van der Waals surface area contributed by atoms with Gasteiger partial charge in [0.1, 0.15) is 6.54 Å². The number of nitrogens with one attached hydrogen (secondary N) is 1. The van der Waals surface area contributed by atoms with Crippen LogP contribution < -0.4 is 5.32 Å². The van der Waals surface area contributed by atoms with E-state index in [-0.39, 0.29) is 5.54 Å². The van der Waals surface area contributed by atoms with E-state index in [0.717, 1.165) is 37.0 Å². The highest BCUT2D eigenvalue weighted by atomic mass is 32.2. The van der Waals surface area contributed by atoms with Gasteiger partial charge in [0, 0.05) is 25.9 Å². The zero-order chi connectivity index (χ0) is 12.4. The predicted molar refractivity (Wildman–Crippen MR) is 68.6 cm³/mol. The third-order valence-corrected chi connectivity index (χ3v) is 4.44. The Morgan fingerprint density at radius 1 is 1.44 bits per heavy atom. The van der Waals surface area contributed by atoms with Crippen LogP contribution in [-0.2, 0) is 11.3 Å². The first-order valence-electron chi connectivity index (χ1n) is 6.08. The first-order valence-corrected chi connectivity index (χ1v) is 7.07. The van der Waals surface area contributed by atoms with E-state index in [9.17, 15) is 0 Å². The van der Waals surface area contributed by atoms with Gasteiger partial charge in [-0.15, -0.1) is 0 Å². The molecule has 0 unspecified atom stereocenters. The molecule has 7 heteroatoms. The van der Waals surface area contributed by atoms with Crippen molar-refractivity contribution >= 4 is 16.9 Å². The Morgan fingerprint density at radius 2 is 2.28 bits per heavy atom. The van der Waals surface area contributed by atoms with Crippen LogP contribution >= 0.6 is 11.8 Å². The average molecular weight is 268 g/mol. The normalized spacial score (nSPS) is 24.6. The van der Waals surface area contributed by atoms with Crippen molar-refractivity contribution in [1.29, 1.82) is 0 Å². The molecule has 0 bridgehead atoms. The lowest BCUT2D eigenvalue weighted by Crippen LogP contribution is -2.48. The van der Waals surface area contributed by atoms with Gasteiger partial charge >= 0.3 is 0 Å². The molecule has 18 heavy (non-hydrogen) atoms. The summed E-state index contributed by atoms with van der Waals surface area (Å²) in [7, 11) is 0. The quantitative estimate of drug-likeness (QED) is 0.866. The van der Waals surface area contributed by atoms with Crippen molar-refractivity contribution in [3.63, 3.8) is 0 Å². The molecule has 0 radical (unpaired) electrons. The smallest absolute Gasteiger partial charge is 0.223 e. The zero-order valence-electron chi connectivity index (χ0n) is 10.3. The molecule has 0 aliphatic carbocycles. The van der Waals surface area contributed by atoms with E-state index in [1.54, 1.807) is 18.7 Å². The number of amidine groups is 1. The molecule has 3 heterocycles. The van der Waals surface area contributed by atoms with Crippen LogP contribution in [0.5, 0.6) is 0 Å². The highest BCUT2D eigenvalue weighted by molar-refractivity contribution is 8.14. The monoisotopic (exact) mass is 268 g/mol. The Balaban J connectivity index is 1.61. The van der Waals surface area contributed by atoms with E-state index in [1.165, 1.54) is 0 Å². The lowest BCUT2D eigenvalue weighted by molar-refractivity contribution is 0.0555. The lowest BCUT2D eigenvalue weighted by atomic mass is 9.93. The van der Waals surface area contributed by atoms with Gasteiger partial charge in [-0.25, -0.2) is 0 Å². The zero-order valence-corrected chi connectivity index (χ0v) is 11.1. The topological polar surface area (TPSA) is 72.5 Å². The fourth-order valence-electron chi connectivity index (χ4n) is 2.17. The molecule has 2 aliphatic rings. The number of nitrogens with zero attached hydrogens (tertiary/aromatic N) is 3. The molecule has 0 aromatic carbocycles. The summed E-state index contributed by atoms with van der Waals surface area (Å²) in [5.41, 5.74) is 0.189. The summed E-state index contributed by atoms with van der Waals surface area (Å²) in [6.45, 7) is 3.93. The Bertz CT molecular complexity index is 454. The first kappa shape index (κ1) is 12.0. The molecule has 0 atom stereocenters. The third kappa shape index (κ3) is 2.51. The van der Waals surface area contributed by atoms with E-state index < -0.39 is 0 Å². The number of aromatic nitrogens is 2. The Labute approximate surface area is 110 Å². The van der Waals surface area contributed by atoms with Gasteiger partial charge in [0.2, 0.25) is 5.89 Å². The second-order valence-electron chi connectivity index (χ2n) is 4.66. The molecular formula is C11H16N4O2S. The summed E-state index contributed by atoms with van der Waals surface area (Å²) >= 11 is 1.77. The highest BCUT2D eigenvalue weighted by Gasteiger charge is 2.38. The van der Waals surface area contributed by atoms with Crippen LogP contribution in [0.3, 0.4) is 0 Å². The largest absolute Gasteiger partial charge is 0.381 e. The van der Waals surface area contributed by atoms with Crippen LogP contribution in [0, 0.1) is 6.92 Å². The van der Waals surface area contributed by atoms with Crippen LogP contribution in [0.25, 0.3) is 0 Å². The van der Waals surface area contributed by atoms with Crippen LogP contribution in [0.4, 0.5) is 0 Å². The van der Waals surface area contributed by atoms with E-state index in [4.69, 9.17) is 9.26 Å². The average Bonchev–Trinajstić information content (AvgIpc) is 2.96. The van der Waals surface area contributed by atoms with Crippen molar-refractivity contribution in [1.82, 2.24) is 15.5 Å². The molecule has 1 aromatic heterocycles. The van der Waals surface area contributed by atoms with Crippen molar-refractivity contribution in [3.8, 4) is 0 Å². The van der Waals surface area contributed by atoms with Gasteiger partial charge < -0.3 is 14.6 Å². The molecule has 6 nitrogen and oxygen atoms in total. The molecule has 0 amide bonds. The van der Waals surface area contributed by atoms with Crippen molar-refractivity contribution in [2.45, 2.75) is 31.8 Å². The minimum absolute atomic E-state index is 0.189. The van der Waals surface area contributed by atoms with Crippen LogP contribution in [-0.4, -0.2) is 39.8 Å². The molecule has 2 aliphatic heterocycles. The number of hydrogen-bond donors (Lipinski definition) is 1. The minimum atomic E-state index is 0.189. The van der Waals surface area contributed by atoms with E-state index in [1.807, 2.05) is 0 Å². The summed E-state index contributed by atoms with van der Waals surface area (Å²) in [6, 6.07) is 0. The fraction of sp³-hybridized carbons (Fsp3) is 0.727. The lowest BCUT2D eigenvalue weighted by Gasteiger charge is -2.32. The Kier molecular flexibility index (Phi) is 3.25. The van der Waals surface area contributed by atoms with Crippen molar-refractivity contribution in [2.24, 2.45) is 4.99 Å². The second-order valence-corrected chi connectivity index (χ2v) is 5.62. The second kappa shape index (κ2) is 4.89. The van der Waals surface area contributed by atoms with Crippen molar-refractivity contribution in [2.75, 3.05) is 19.0 Å². The first-order chi connectivity index (χ1) is 8.76. The van der Waals surface area contributed by atoms with Gasteiger partial charge in [0.25, 0.3) is 0 Å². The summed E-state index contributed by atoms with van der Waals surface area (Å²) in [5.74, 6) is 2.29. The van der Waals surface area contributed by atoms with Gasteiger partial charge in [-0.05, 0) is 12.8 Å². The van der Waals surface area contributed by atoms with E-state index >= 15 is 0 Å². The predicted octanol–water partition coefficient (Wildman–Crippen LogP) is 1.12. The van der Waals surface area contributed by atoms with Crippen molar-refractivity contribution in [3.05, 3.63) is 11.7 Å². The van der Waals surface area contributed by atoms with Gasteiger partial charge in [0.05, 0.1) is 5.54 Å². The number of thioether (sulfide) groups is 1. The number of hydrogen-bond acceptors (Lipinski definition) is 6. The maximum Gasteiger partial charge on any atom is 0.223 e. The molecule has 0 saturated carbocycles. The summed E-state index contributed by atoms with van der Waals surface area (Å²) in [5, 5.41) is 8.35. The SMILES string of the molecule is Cc1nc(CN=C2NC3(CCOCC3)CS2)no1. The molecule has 3 rings (SSSR count). The minimum Gasteiger partial charge on any atom is -0.381 e. The number of aryl methyl sites for hydroxylation is 1. The Morgan fingerprint density at radius 3 is 3.00 bits per heavy atom. The number of aliphatic imine (C=N–C) groups is 1. The van der Waals surface area contributed by atoms with Gasteiger partial charge in [-0.1, -0.05) is 16.9 Å². The molecule has 98 valence electrons. The molecule has 1 spiro atoms. The van der Waals surface area contributed by atoms with Crippen LogP contribution in [0.15, 0.2) is 9.52 Å². The summed E-state index contributed by atoms with van der Waals surface area (Å²) < 4.78 is 10.3. The van der Waals surface area contributed by atoms with Gasteiger partial charge in [-0.3, -0.25) is 4.99 Å². The number of rotatable bonds is 2. The van der Waals surface area contributed by atoms with E-state index in [0.29, 0.717) is 18.3 Å².